The monoisotopic (exact) mass is 261 g/mol. The highest BCUT2D eigenvalue weighted by molar-refractivity contribution is 7.99. The summed E-state index contributed by atoms with van der Waals surface area (Å²) in [7, 11) is 0. The molecule has 0 unspecified atom stereocenters. The van der Waals surface area contributed by atoms with Crippen LogP contribution in [0.3, 0.4) is 0 Å². The minimum absolute atomic E-state index is 0.661. The van der Waals surface area contributed by atoms with E-state index in [4.69, 9.17) is 0 Å². The standard InChI is InChI=1S/C12H15N5S/c1-2-4-13-7-10-8-16-12(17-9-10)18-11-14-5-3-6-15-11/h3,5-6,8-9,13H,2,4,7H2,1H3. The molecule has 94 valence electrons. The summed E-state index contributed by atoms with van der Waals surface area (Å²) < 4.78 is 0. The quantitative estimate of drug-likeness (QED) is 0.633. The van der Waals surface area contributed by atoms with Crippen molar-refractivity contribution in [3.05, 3.63) is 36.4 Å². The second-order valence-electron chi connectivity index (χ2n) is 3.68. The van der Waals surface area contributed by atoms with Crippen molar-refractivity contribution in [1.29, 1.82) is 0 Å². The van der Waals surface area contributed by atoms with Crippen LogP contribution < -0.4 is 5.32 Å². The van der Waals surface area contributed by atoms with Gasteiger partial charge in [-0.3, -0.25) is 0 Å². The first-order valence-electron chi connectivity index (χ1n) is 5.85. The molecule has 2 heterocycles. The molecule has 0 radical (unpaired) electrons. The van der Waals surface area contributed by atoms with E-state index < -0.39 is 0 Å². The number of nitrogens with one attached hydrogen (secondary N) is 1. The summed E-state index contributed by atoms with van der Waals surface area (Å²) >= 11 is 1.36. The van der Waals surface area contributed by atoms with E-state index in [1.165, 1.54) is 11.8 Å². The van der Waals surface area contributed by atoms with Crippen molar-refractivity contribution >= 4 is 11.8 Å². The summed E-state index contributed by atoms with van der Waals surface area (Å²) in [6.07, 6.45) is 8.21. The summed E-state index contributed by atoms with van der Waals surface area (Å²) in [6, 6.07) is 1.79. The van der Waals surface area contributed by atoms with E-state index in [1.54, 1.807) is 18.5 Å². The van der Waals surface area contributed by atoms with Crippen LogP contribution in [-0.2, 0) is 6.54 Å². The van der Waals surface area contributed by atoms with E-state index in [1.807, 2.05) is 12.4 Å². The molecule has 0 aliphatic heterocycles. The van der Waals surface area contributed by atoms with Crippen LogP contribution in [0.5, 0.6) is 0 Å². The number of hydrogen-bond acceptors (Lipinski definition) is 6. The lowest BCUT2D eigenvalue weighted by Crippen LogP contribution is -2.14. The molecule has 0 saturated carbocycles. The van der Waals surface area contributed by atoms with Gasteiger partial charge in [-0.25, -0.2) is 19.9 Å². The smallest absolute Gasteiger partial charge is 0.195 e. The van der Waals surface area contributed by atoms with Crippen LogP contribution in [0.25, 0.3) is 0 Å². The zero-order chi connectivity index (χ0) is 12.6. The van der Waals surface area contributed by atoms with Crippen LogP contribution in [0.4, 0.5) is 0 Å². The molecule has 5 nitrogen and oxygen atoms in total. The second kappa shape index (κ2) is 7.03. The van der Waals surface area contributed by atoms with E-state index in [0.29, 0.717) is 10.3 Å². The predicted molar refractivity (Wildman–Crippen MR) is 70.2 cm³/mol. The third-order valence-corrected chi connectivity index (χ3v) is 2.95. The van der Waals surface area contributed by atoms with Crippen molar-refractivity contribution in [1.82, 2.24) is 25.3 Å². The Hall–Kier alpha value is -1.53. The fourth-order valence-electron chi connectivity index (χ4n) is 1.32. The Morgan fingerprint density at radius 2 is 1.72 bits per heavy atom. The highest BCUT2D eigenvalue weighted by Crippen LogP contribution is 2.18. The lowest BCUT2D eigenvalue weighted by atomic mass is 10.3. The van der Waals surface area contributed by atoms with Crippen LogP contribution in [0, 0.1) is 0 Å². The highest BCUT2D eigenvalue weighted by Gasteiger charge is 2.02. The normalized spacial score (nSPS) is 10.5. The van der Waals surface area contributed by atoms with Gasteiger partial charge in [0.15, 0.2) is 10.3 Å². The van der Waals surface area contributed by atoms with Crippen molar-refractivity contribution in [3.63, 3.8) is 0 Å². The Balaban J connectivity index is 1.91. The number of aromatic nitrogens is 4. The molecule has 0 amide bonds. The molecule has 6 heteroatoms. The Morgan fingerprint density at radius 3 is 2.39 bits per heavy atom. The summed E-state index contributed by atoms with van der Waals surface area (Å²) in [5.74, 6) is 0. The Kier molecular flexibility index (Phi) is 5.04. The molecule has 0 aliphatic rings. The van der Waals surface area contributed by atoms with Crippen LogP contribution in [0.2, 0.25) is 0 Å². The topological polar surface area (TPSA) is 63.6 Å². The molecule has 18 heavy (non-hydrogen) atoms. The summed E-state index contributed by atoms with van der Waals surface area (Å²) in [4.78, 5) is 16.8. The number of hydrogen-bond donors (Lipinski definition) is 1. The van der Waals surface area contributed by atoms with Gasteiger partial charge < -0.3 is 5.32 Å². The molecule has 2 aromatic rings. The average molecular weight is 261 g/mol. The molecule has 2 aromatic heterocycles. The van der Waals surface area contributed by atoms with Crippen LogP contribution in [0.15, 0.2) is 41.2 Å². The highest BCUT2D eigenvalue weighted by atomic mass is 32.2. The Bertz CT molecular complexity index is 460. The van der Waals surface area contributed by atoms with Gasteiger partial charge in [0.25, 0.3) is 0 Å². The molecule has 1 N–H and O–H groups in total. The maximum atomic E-state index is 4.28. The molecule has 2 rings (SSSR count). The minimum atomic E-state index is 0.661. The van der Waals surface area contributed by atoms with Gasteiger partial charge >= 0.3 is 0 Å². The van der Waals surface area contributed by atoms with Crippen LogP contribution in [0.1, 0.15) is 18.9 Å². The molecule has 0 fully saturated rings. The van der Waals surface area contributed by atoms with Gasteiger partial charge in [0.2, 0.25) is 0 Å². The van der Waals surface area contributed by atoms with E-state index in [2.05, 4.69) is 32.2 Å². The Labute approximate surface area is 110 Å². The zero-order valence-electron chi connectivity index (χ0n) is 10.2. The van der Waals surface area contributed by atoms with Crippen molar-refractivity contribution in [2.75, 3.05) is 6.54 Å². The van der Waals surface area contributed by atoms with Crippen molar-refractivity contribution in [2.45, 2.75) is 30.2 Å². The van der Waals surface area contributed by atoms with Gasteiger partial charge in [-0.1, -0.05) is 6.92 Å². The molecular formula is C12H15N5S. The lowest BCUT2D eigenvalue weighted by Gasteiger charge is -2.03. The number of rotatable bonds is 6. The van der Waals surface area contributed by atoms with Gasteiger partial charge in [-0.2, -0.15) is 0 Å². The van der Waals surface area contributed by atoms with Gasteiger partial charge in [-0.15, -0.1) is 0 Å². The fourth-order valence-corrected chi connectivity index (χ4v) is 1.92. The molecule has 0 spiro atoms. The third kappa shape index (κ3) is 4.05. The Morgan fingerprint density at radius 1 is 1.06 bits per heavy atom. The molecule has 0 aromatic carbocycles. The number of nitrogens with zero attached hydrogens (tertiary/aromatic N) is 4. The van der Waals surface area contributed by atoms with Gasteiger partial charge in [0, 0.05) is 36.9 Å². The zero-order valence-corrected chi connectivity index (χ0v) is 11.0. The maximum Gasteiger partial charge on any atom is 0.195 e. The first kappa shape index (κ1) is 12.9. The summed E-state index contributed by atoms with van der Waals surface area (Å²) in [5.41, 5.74) is 1.08. The molecule has 0 atom stereocenters. The van der Waals surface area contributed by atoms with Crippen molar-refractivity contribution in [3.8, 4) is 0 Å². The van der Waals surface area contributed by atoms with Gasteiger partial charge in [0.1, 0.15) is 0 Å². The fraction of sp³-hybridized carbons (Fsp3) is 0.333. The summed E-state index contributed by atoms with van der Waals surface area (Å²) in [5, 5.41) is 4.64. The first-order chi connectivity index (χ1) is 8.88. The van der Waals surface area contributed by atoms with E-state index >= 15 is 0 Å². The van der Waals surface area contributed by atoms with E-state index in [-0.39, 0.29) is 0 Å². The average Bonchev–Trinajstić information content (AvgIpc) is 2.42. The first-order valence-corrected chi connectivity index (χ1v) is 6.66. The molecule has 0 aliphatic carbocycles. The van der Waals surface area contributed by atoms with Crippen molar-refractivity contribution < 1.29 is 0 Å². The molecule has 0 bridgehead atoms. The SMILES string of the molecule is CCCNCc1cnc(Sc2ncccn2)nc1. The minimum Gasteiger partial charge on any atom is -0.313 e. The maximum absolute atomic E-state index is 4.28. The van der Waals surface area contributed by atoms with Gasteiger partial charge in [0.05, 0.1) is 0 Å². The van der Waals surface area contributed by atoms with Crippen LogP contribution >= 0.6 is 11.8 Å². The van der Waals surface area contributed by atoms with Crippen molar-refractivity contribution in [2.24, 2.45) is 0 Å². The lowest BCUT2D eigenvalue weighted by molar-refractivity contribution is 0.669. The predicted octanol–water partition coefficient (Wildman–Crippen LogP) is 1.92. The van der Waals surface area contributed by atoms with Gasteiger partial charge in [-0.05, 0) is 30.8 Å². The van der Waals surface area contributed by atoms with Crippen LogP contribution in [-0.4, -0.2) is 26.5 Å². The second-order valence-corrected chi connectivity index (χ2v) is 4.62. The summed E-state index contributed by atoms with van der Waals surface area (Å²) in [6.45, 7) is 3.96. The largest absolute Gasteiger partial charge is 0.313 e. The molecular weight excluding hydrogens is 246 g/mol. The van der Waals surface area contributed by atoms with E-state index in [9.17, 15) is 0 Å². The third-order valence-electron chi connectivity index (χ3n) is 2.16. The molecule has 0 saturated heterocycles. The van der Waals surface area contributed by atoms with E-state index in [0.717, 1.165) is 25.1 Å².